The van der Waals surface area contributed by atoms with E-state index in [0.29, 0.717) is 34.7 Å². The third-order valence-electron chi connectivity index (χ3n) is 3.47. The smallest absolute Gasteiger partial charge is 0.286 e. The Labute approximate surface area is 155 Å². The maximum atomic E-state index is 12.1. The number of hydrogen-bond donors (Lipinski definition) is 0. The van der Waals surface area contributed by atoms with E-state index >= 15 is 0 Å². The molecule has 8 heteroatoms. The number of carbonyl (C=O) groups excluding carboxylic acids is 1. The van der Waals surface area contributed by atoms with Gasteiger partial charge in [0.15, 0.2) is 6.10 Å². The SMILES string of the molecule is C[C@H](Oc1ccc(Oc2ncc(Cl)cc2Cl)cc1)C(=O)N1CCCO1. The number of hydroxylamine groups is 2. The highest BCUT2D eigenvalue weighted by atomic mass is 35.5. The molecule has 0 bridgehead atoms. The van der Waals surface area contributed by atoms with Crippen LogP contribution in [0.4, 0.5) is 0 Å². The van der Waals surface area contributed by atoms with Crippen molar-refractivity contribution >= 4 is 29.1 Å². The van der Waals surface area contributed by atoms with E-state index in [0.717, 1.165) is 6.42 Å². The van der Waals surface area contributed by atoms with Crippen LogP contribution in [0.1, 0.15) is 13.3 Å². The lowest BCUT2D eigenvalue weighted by Gasteiger charge is -2.20. The van der Waals surface area contributed by atoms with E-state index in [-0.39, 0.29) is 11.8 Å². The molecule has 1 fully saturated rings. The zero-order valence-corrected chi connectivity index (χ0v) is 15.0. The summed E-state index contributed by atoms with van der Waals surface area (Å²) >= 11 is 11.8. The minimum absolute atomic E-state index is 0.199. The quantitative estimate of drug-likeness (QED) is 0.778. The summed E-state index contributed by atoms with van der Waals surface area (Å²) in [6.45, 7) is 2.84. The van der Waals surface area contributed by atoms with Gasteiger partial charge in [-0.1, -0.05) is 23.2 Å². The van der Waals surface area contributed by atoms with Crippen molar-refractivity contribution in [2.75, 3.05) is 13.2 Å². The monoisotopic (exact) mass is 382 g/mol. The molecular weight excluding hydrogens is 367 g/mol. The van der Waals surface area contributed by atoms with Gasteiger partial charge < -0.3 is 9.47 Å². The van der Waals surface area contributed by atoms with E-state index in [4.69, 9.17) is 37.5 Å². The number of pyridine rings is 1. The summed E-state index contributed by atoms with van der Waals surface area (Å²) in [4.78, 5) is 21.4. The number of nitrogens with zero attached hydrogens (tertiary/aromatic N) is 2. The predicted molar refractivity (Wildman–Crippen MR) is 93.1 cm³/mol. The maximum Gasteiger partial charge on any atom is 0.286 e. The lowest BCUT2D eigenvalue weighted by atomic mass is 10.3. The zero-order valence-electron chi connectivity index (χ0n) is 13.4. The van der Waals surface area contributed by atoms with Gasteiger partial charge in [-0.2, -0.15) is 0 Å². The van der Waals surface area contributed by atoms with E-state index in [9.17, 15) is 4.79 Å². The van der Waals surface area contributed by atoms with Crippen LogP contribution in [0, 0.1) is 0 Å². The Bertz CT molecular complexity index is 749. The number of carbonyl (C=O) groups is 1. The van der Waals surface area contributed by atoms with Crippen LogP contribution in [0.2, 0.25) is 10.0 Å². The molecule has 25 heavy (non-hydrogen) atoms. The number of ether oxygens (including phenoxy) is 2. The predicted octanol–water partition coefficient (Wildman–Crippen LogP) is 4.11. The van der Waals surface area contributed by atoms with Gasteiger partial charge in [0.25, 0.3) is 5.91 Å². The van der Waals surface area contributed by atoms with Crippen molar-refractivity contribution < 1.29 is 19.1 Å². The summed E-state index contributed by atoms with van der Waals surface area (Å²) in [5.41, 5.74) is 0. The number of benzene rings is 1. The van der Waals surface area contributed by atoms with Crippen LogP contribution in [0.5, 0.6) is 17.4 Å². The van der Waals surface area contributed by atoms with Crippen molar-refractivity contribution in [1.29, 1.82) is 0 Å². The lowest BCUT2D eigenvalue weighted by Crippen LogP contribution is -2.37. The standard InChI is InChI=1S/C17H16Cl2N2O4/c1-11(17(22)21-7-2-8-23-21)24-13-3-5-14(6-4-13)25-16-15(19)9-12(18)10-20-16/h3-6,9-11H,2,7-8H2,1H3/t11-/m0/s1. The van der Waals surface area contributed by atoms with Crippen LogP contribution in [-0.2, 0) is 9.63 Å². The van der Waals surface area contributed by atoms with Crippen LogP contribution in [0.3, 0.4) is 0 Å². The van der Waals surface area contributed by atoms with Crippen LogP contribution in [0.25, 0.3) is 0 Å². The molecule has 3 rings (SSSR count). The Morgan fingerprint density at radius 1 is 1.28 bits per heavy atom. The molecule has 1 amide bonds. The highest BCUT2D eigenvalue weighted by Gasteiger charge is 2.25. The second-order valence-corrected chi connectivity index (χ2v) is 6.24. The number of hydrogen-bond acceptors (Lipinski definition) is 5. The van der Waals surface area contributed by atoms with Gasteiger partial charge >= 0.3 is 0 Å². The van der Waals surface area contributed by atoms with Gasteiger partial charge in [0, 0.05) is 6.20 Å². The van der Waals surface area contributed by atoms with Gasteiger partial charge in [-0.15, -0.1) is 0 Å². The molecule has 0 unspecified atom stereocenters. The van der Waals surface area contributed by atoms with Crippen molar-refractivity contribution in [3.05, 3.63) is 46.6 Å². The lowest BCUT2D eigenvalue weighted by molar-refractivity contribution is -0.175. The molecule has 1 aliphatic heterocycles. The first-order valence-electron chi connectivity index (χ1n) is 7.73. The van der Waals surface area contributed by atoms with Crippen LogP contribution >= 0.6 is 23.2 Å². The molecule has 0 saturated carbocycles. The van der Waals surface area contributed by atoms with Crippen molar-refractivity contribution in [1.82, 2.24) is 10.0 Å². The van der Waals surface area contributed by atoms with Crippen LogP contribution < -0.4 is 9.47 Å². The van der Waals surface area contributed by atoms with Gasteiger partial charge in [0.05, 0.1) is 18.2 Å². The Balaban J connectivity index is 1.60. The van der Waals surface area contributed by atoms with Gasteiger partial charge in [-0.3, -0.25) is 9.63 Å². The highest BCUT2D eigenvalue weighted by Crippen LogP contribution is 2.30. The number of aromatic nitrogens is 1. The van der Waals surface area contributed by atoms with Crippen molar-refractivity contribution in [3.63, 3.8) is 0 Å². The van der Waals surface area contributed by atoms with Crippen LogP contribution in [-0.4, -0.2) is 35.2 Å². The van der Waals surface area contributed by atoms with Gasteiger partial charge in [0.2, 0.25) is 5.88 Å². The van der Waals surface area contributed by atoms with E-state index in [2.05, 4.69) is 4.98 Å². The molecule has 1 aromatic heterocycles. The summed E-state index contributed by atoms with van der Waals surface area (Å²) < 4.78 is 11.2. The fraction of sp³-hybridized carbons (Fsp3) is 0.294. The summed E-state index contributed by atoms with van der Waals surface area (Å²) in [5, 5.41) is 2.09. The fourth-order valence-corrected chi connectivity index (χ4v) is 2.67. The third-order valence-corrected chi connectivity index (χ3v) is 3.95. The van der Waals surface area contributed by atoms with Crippen molar-refractivity contribution in [2.45, 2.75) is 19.4 Å². The third kappa shape index (κ3) is 4.54. The molecule has 2 heterocycles. The Morgan fingerprint density at radius 2 is 2.00 bits per heavy atom. The molecule has 6 nitrogen and oxygen atoms in total. The molecule has 0 aliphatic carbocycles. The summed E-state index contributed by atoms with van der Waals surface area (Å²) in [6, 6.07) is 8.36. The Kier molecular flexibility index (Phi) is 5.63. The molecule has 0 N–H and O–H groups in total. The molecule has 2 aromatic rings. The average Bonchev–Trinajstić information content (AvgIpc) is 3.13. The second kappa shape index (κ2) is 7.91. The van der Waals surface area contributed by atoms with E-state index in [1.807, 2.05) is 0 Å². The van der Waals surface area contributed by atoms with Crippen LogP contribution in [0.15, 0.2) is 36.5 Å². The fourth-order valence-electron chi connectivity index (χ4n) is 2.25. The number of amides is 1. The first kappa shape index (κ1) is 17.8. The molecule has 1 atom stereocenters. The van der Waals surface area contributed by atoms with Gasteiger partial charge in [0.1, 0.15) is 16.5 Å². The Morgan fingerprint density at radius 3 is 2.64 bits per heavy atom. The van der Waals surface area contributed by atoms with E-state index in [1.165, 1.54) is 11.3 Å². The Hall–Kier alpha value is -2.02. The normalized spacial score (nSPS) is 15.1. The molecular formula is C17H16Cl2N2O4. The van der Waals surface area contributed by atoms with Crippen molar-refractivity contribution in [3.8, 4) is 17.4 Å². The van der Waals surface area contributed by atoms with E-state index < -0.39 is 6.10 Å². The summed E-state index contributed by atoms with van der Waals surface area (Å²) in [5.74, 6) is 1.14. The van der Waals surface area contributed by atoms with E-state index in [1.54, 1.807) is 37.3 Å². The number of halogens is 2. The minimum atomic E-state index is -0.641. The van der Waals surface area contributed by atoms with Gasteiger partial charge in [-0.25, -0.2) is 10.0 Å². The first-order chi connectivity index (χ1) is 12.0. The highest BCUT2D eigenvalue weighted by molar-refractivity contribution is 6.35. The largest absolute Gasteiger partial charge is 0.481 e. The average molecular weight is 383 g/mol. The van der Waals surface area contributed by atoms with Crippen molar-refractivity contribution in [2.24, 2.45) is 0 Å². The molecule has 1 aliphatic rings. The summed E-state index contributed by atoms with van der Waals surface area (Å²) in [6.07, 6.45) is 1.65. The number of rotatable bonds is 5. The minimum Gasteiger partial charge on any atom is -0.481 e. The molecule has 1 saturated heterocycles. The second-order valence-electron chi connectivity index (χ2n) is 5.40. The molecule has 132 valence electrons. The zero-order chi connectivity index (χ0) is 17.8. The molecule has 1 aromatic carbocycles. The maximum absolute atomic E-state index is 12.1. The first-order valence-corrected chi connectivity index (χ1v) is 8.48. The molecule has 0 spiro atoms. The molecule has 0 radical (unpaired) electrons. The van der Waals surface area contributed by atoms with Gasteiger partial charge in [-0.05, 0) is 43.7 Å². The summed E-state index contributed by atoms with van der Waals surface area (Å²) in [7, 11) is 0. The topological polar surface area (TPSA) is 60.9 Å².